The first kappa shape index (κ1) is 15.2. The third-order valence-corrected chi connectivity index (χ3v) is 3.13. The lowest BCUT2D eigenvalue weighted by molar-refractivity contribution is -0.150. The molecule has 102 valence electrons. The van der Waals surface area contributed by atoms with Gasteiger partial charge in [-0.1, -0.05) is 12.1 Å². The Bertz CT molecular complexity index is 472. The number of ether oxygens (including phenoxy) is 1. The number of hydrogen-bond donors (Lipinski definition) is 1. The van der Waals surface area contributed by atoms with Crippen molar-refractivity contribution in [2.75, 3.05) is 13.7 Å². The van der Waals surface area contributed by atoms with Gasteiger partial charge in [-0.3, -0.25) is 4.79 Å². The molecule has 0 fully saturated rings. The molecule has 0 aliphatic carbocycles. The van der Waals surface area contributed by atoms with Crippen LogP contribution >= 0.6 is 0 Å². The maximum atomic E-state index is 11.6. The molecule has 19 heavy (non-hydrogen) atoms. The Morgan fingerprint density at radius 3 is 2.47 bits per heavy atom. The summed E-state index contributed by atoms with van der Waals surface area (Å²) in [5.41, 5.74) is 1.17. The Morgan fingerprint density at radius 1 is 1.42 bits per heavy atom. The highest BCUT2D eigenvalue weighted by molar-refractivity contribution is 5.76. The lowest BCUT2D eigenvalue weighted by Gasteiger charge is -2.24. The average Bonchev–Trinajstić information content (AvgIpc) is 2.43. The van der Waals surface area contributed by atoms with E-state index in [0.717, 1.165) is 5.56 Å². The van der Waals surface area contributed by atoms with E-state index in [2.05, 4.69) is 11.4 Å². The molecule has 4 heteroatoms. The van der Waals surface area contributed by atoms with Crippen LogP contribution in [0.4, 0.5) is 0 Å². The van der Waals surface area contributed by atoms with Crippen molar-refractivity contribution in [1.29, 1.82) is 5.26 Å². The second-order valence-electron chi connectivity index (χ2n) is 5.21. The van der Waals surface area contributed by atoms with Crippen LogP contribution in [-0.4, -0.2) is 19.6 Å². The molecule has 1 rings (SSSR count). The minimum atomic E-state index is -0.560. The Kier molecular flexibility index (Phi) is 5.08. The Hall–Kier alpha value is -1.86. The maximum Gasteiger partial charge on any atom is 0.312 e. The van der Waals surface area contributed by atoms with E-state index in [0.29, 0.717) is 12.1 Å². The van der Waals surface area contributed by atoms with Gasteiger partial charge in [-0.25, -0.2) is 0 Å². The zero-order valence-electron chi connectivity index (χ0n) is 11.9. The van der Waals surface area contributed by atoms with Crippen molar-refractivity contribution in [2.24, 2.45) is 5.41 Å². The lowest BCUT2D eigenvalue weighted by atomic mass is 9.93. The number of rotatable bonds is 5. The van der Waals surface area contributed by atoms with Crippen molar-refractivity contribution in [2.45, 2.75) is 26.8 Å². The molecule has 0 aliphatic heterocycles. The minimum absolute atomic E-state index is 0.108. The van der Waals surface area contributed by atoms with Crippen molar-refractivity contribution in [3.8, 4) is 6.07 Å². The van der Waals surface area contributed by atoms with Crippen molar-refractivity contribution in [3.05, 3.63) is 35.4 Å². The van der Waals surface area contributed by atoms with Gasteiger partial charge < -0.3 is 10.1 Å². The standard InChI is InChI=1S/C15H20N2O2/c1-11(13-7-5-12(9-16)6-8-13)17-10-15(2,3)14(18)19-4/h5-8,11,17H,10H2,1-4H3. The van der Waals surface area contributed by atoms with Gasteiger partial charge in [0.25, 0.3) is 0 Å². The van der Waals surface area contributed by atoms with Crippen LogP contribution < -0.4 is 5.32 Å². The number of nitrogens with zero attached hydrogens (tertiary/aromatic N) is 1. The van der Waals surface area contributed by atoms with Crippen LogP contribution in [0.25, 0.3) is 0 Å². The zero-order valence-corrected chi connectivity index (χ0v) is 11.9. The summed E-state index contributed by atoms with van der Waals surface area (Å²) in [4.78, 5) is 11.6. The number of esters is 1. The number of methoxy groups -OCH3 is 1. The van der Waals surface area contributed by atoms with E-state index >= 15 is 0 Å². The molecule has 1 atom stereocenters. The van der Waals surface area contributed by atoms with E-state index in [1.54, 1.807) is 12.1 Å². The summed E-state index contributed by atoms with van der Waals surface area (Å²) in [6.07, 6.45) is 0. The van der Waals surface area contributed by atoms with E-state index < -0.39 is 5.41 Å². The number of nitrogens with one attached hydrogen (secondary N) is 1. The van der Waals surface area contributed by atoms with Gasteiger partial charge in [0.1, 0.15) is 0 Å². The molecule has 0 aromatic heterocycles. The lowest BCUT2D eigenvalue weighted by Crippen LogP contribution is -2.37. The first-order chi connectivity index (χ1) is 8.90. The maximum absolute atomic E-state index is 11.6. The van der Waals surface area contributed by atoms with E-state index in [4.69, 9.17) is 10.00 Å². The SMILES string of the molecule is COC(=O)C(C)(C)CNC(C)c1ccc(C#N)cc1. The molecule has 1 unspecified atom stereocenters. The molecule has 0 saturated heterocycles. The normalized spacial score (nSPS) is 12.6. The third-order valence-electron chi connectivity index (χ3n) is 3.13. The predicted octanol–water partition coefficient (Wildman–Crippen LogP) is 2.41. The summed E-state index contributed by atoms with van der Waals surface area (Å²) in [6, 6.07) is 9.62. The smallest absolute Gasteiger partial charge is 0.312 e. The highest BCUT2D eigenvalue weighted by atomic mass is 16.5. The second kappa shape index (κ2) is 6.35. The number of hydrogen-bond acceptors (Lipinski definition) is 4. The molecule has 0 aliphatic rings. The largest absolute Gasteiger partial charge is 0.469 e. The van der Waals surface area contributed by atoms with Gasteiger partial charge >= 0.3 is 5.97 Å². The zero-order chi connectivity index (χ0) is 14.5. The fourth-order valence-electron chi connectivity index (χ4n) is 1.72. The van der Waals surface area contributed by atoms with Gasteiger partial charge in [-0.05, 0) is 38.5 Å². The highest BCUT2D eigenvalue weighted by Gasteiger charge is 2.28. The molecule has 0 bridgehead atoms. The molecule has 0 radical (unpaired) electrons. The number of carbonyl (C=O) groups is 1. The summed E-state index contributed by atoms with van der Waals surface area (Å²) < 4.78 is 4.77. The van der Waals surface area contributed by atoms with Crippen molar-refractivity contribution in [1.82, 2.24) is 5.32 Å². The Labute approximate surface area is 114 Å². The molecule has 4 nitrogen and oxygen atoms in total. The fraction of sp³-hybridized carbons (Fsp3) is 0.467. The quantitative estimate of drug-likeness (QED) is 0.826. The van der Waals surface area contributed by atoms with Crippen LogP contribution in [0.2, 0.25) is 0 Å². The Balaban J connectivity index is 2.62. The molecule has 0 spiro atoms. The first-order valence-electron chi connectivity index (χ1n) is 6.22. The third kappa shape index (κ3) is 4.08. The number of carbonyl (C=O) groups excluding carboxylic acids is 1. The minimum Gasteiger partial charge on any atom is -0.469 e. The van der Waals surface area contributed by atoms with Gasteiger partial charge in [0, 0.05) is 12.6 Å². The van der Waals surface area contributed by atoms with Crippen LogP contribution in [0.1, 0.15) is 37.9 Å². The van der Waals surface area contributed by atoms with Crippen LogP contribution in [0.3, 0.4) is 0 Å². The summed E-state index contributed by atoms with van der Waals surface area (Å²) >= 11 is 0. The second-order valence-corrected chi connectivity index (χ2v) is 5.21. The van der Waals surface area contributed by atoms with Crippen molar-refractivity contribution in [3.63, 3.8) is 0 Å². The van der Waals surface area contributed by atoms with Gasteiger partial charge in [0.15, 0.2) is 0 Å². The predicted molar refractivity (Wildman–Crippen MR) is 73.4 cm³/mol. The van der Waals surface area contributed by atoms with E-state index in [9.17, 15) is 4.79 Å². The summed E-state index contributed by atoms with van der Waals surface area (Å²) in [5.74, 6) is -0.230. The van der Waals surface area contributed by atoms with E-state index in [-0.39, 0.29) is 12.0 Å². The molecule has 1 N–H and O–H groups in total. The van der Waals surface area contributed by atoms with E-state index in [1.165, 1.54) is 7.11 Å². The summed E-state index contributed by atoms with van der Waals surface area (Å²) in [7, 11) is 1.40. The number of benzene rings is 1. The Morgan fingerprint density at radius 2 is 2.00 bits per heavy atom. The van der Waals surface area contributed by atoms with Crippen LogP contribution in [0, 0.1) is 16.7 Å². The molecule has 0 heterocycles. The fourth-order valence-corrected chi connectivity index (χ4v) is 1.72. The molecular weight excluding hydrogens is 240 g/mol. The average molecular weight is 260 g/mol. The molecule has 1 aromatic carbocycles. The van der Waals surface area contributed by atoms with Crippen LogP contribution in [0.15, 0.2) is 24.3 Å². The van der Waals surface area contributed by atoms with Gasteiger partial charge in [0.05, 0.1) is 24.2 Å². The highest BCUT2D eigenvalue weighted by Crippen LogP contribution is 2.19. The molecule has 0 saturated carbocycles. The van der Waals surface area contributed by atoms with E-state index in [1.807, 2.05) is 32.9 Å². The molecule has 0 amide bonds. The van der Waals surface area contributed by atoms with Crippen LogP contribution in [0.5, 0.6) is 0 Å². The summed E-state index contributed by atoms with van der Waals surface area (Å²) in [6.45, 7) is 6.24. The van der Waals surface area contributed by atoms with Gasteiger partial charge in [0.2, 0.25) is 0 Å². The first-order valence-corrected chi connectivity index (χ1v) is 6.22. The molecule has 1 aromatic rings. The monoisotopic (exact) mass is 260 g/mol. The van der Waals surface area contributed by atoms with Crippen molar-refractivity contribution < 1.29 is 9.53 Å². The van der Waals surface area contributed by atoms with Gasteiger partial charge in [-0.15, -0.1) is 0 Å². The van der Waals surface area contributed by atoms with Gasteiger partial charge in [-0.2, -0.15) is 5.26 Å². The van der Waals surface area contributed by atoms with Crippen molar-refractivity contribution >= 4 is 5.97 Å². The topological polar surface area (TPSA) is 62.1 Å². The summed E-state index contributed by atoms with van der Waals surface area (Å²) in [5, 5.41) is 12.1. The van der Waals surface area contributed by atoms with Crippen LogP contribution in [-0.2, 0) is 9.53 Å². The number of nitriles is 1. The molecular formula is C15H20N2O2.